The number of nitrogens with zero attached hydrogens (tertiary/aromatic N) is 4. The minimum atomic E-state index is 0.329. The Kier molecular flexibility index (Phi) is 3.66. The van der Waals surface area contributed by atoms with Crippen molar-refractivity contribution in [3.8, 4) is 22.6 Å². The summed E-state index contributed by atoms with van der Waals surface area (Å²) >= 11 is 12.6. The van der Waals surface area contributed by atoms with Gasteiger partial charge in [-0.2, -0.15) is 0 Å². The van der Waals surface area contributed by atoms with E-state index in [0.29, 0.717) is 21.7 Å². The zero-order valence-corrected chi connectivity index (χ0v) is 13.0. The minimum Gasteiger partial charge on any atom is -0.331 e. The third-order valence-electron chi connectivity index (χ3n) is 3.21. The average Bonchev–Trinajstić information content (AvgIpc) is 2.86. The van der Waals surface area contributed by atoms with E-state index in [4.69, 9.17) is 23.2 Å². The first-order valence-electron chi connectivity index (χ1n) is 6.33. The third kappa shape index (κ3) is 2.64. The summed E-state index contributed by atoms with van der Waals surface area (Å²) in [5.41, 5.74) is 3.46. The van der Waals surface area contributed by atoms with Crippen LogP contribution in [0.5, 0.6) is 0 Å². The highest BCUT2D eigenvalue weighted by Gasteiger charge is 2.16. The second-order valence-corrected chi connectivity index (χ2v) is 5.48. The molecule has 0 saturated heterocycles. The Balaban J connectivity index is 2.13. The molecule has 0 amide bonds. The molecule has 0 aliphatic heterocycles. The van der Waals surface area contributed by atoms with Gasteiger partial charge in [-0.3, -0.25) is 0 Å². The lowest BCUT2D eigenvalue weighted by atomic mass is 10.1. The van der Waals surface area contributed by atoms with E-state index in [1.807, 2.05) is 42.8 Å². The minimum absolute atomic E-state index is 0.329. The summed E-state index contributed by atoms with van der Waals surface area (Å²) in [5, 5.41) is 0.658. The smallest absolute Gasteiger partial charge is 0.180 e. The van der Waals surface area contributed by atoms with Crippen molar-refractivity contribution in [3.63, 3.8) is 0 Å². The second-order valence-electron chi connectivity index (χ2n) is 4.76. The Labute approximate surface area is 132 Å². The Hall–Kier alpha value is -1.91. The number of hydrogen-bond donors (Lipinski definition) is 0. The molecule has 0 atom stereocenters. The molecule has 6 heteroatoms. The quantitative estimate of drug-likeness (QED) is 0.666. The van der Waals surface area contributed by atoms with E-state index in [1.165, 1.54) is 5.56 Å². The van der Waals surface area contributed by atoms with Gasteiger partial charge >= 0.3 is 0 Å². The molecule has 4 nitrogen and oxygen atoms in total. The molecule has 0 bridgehead atoms. The van der Waals surface area contributed by atoms with Crippen LogP contribution in [-0.2, 0) is 7.05 Å². The van der Waals surface area contributed by atoms with E-state index >= 15 is 0 Å². The van der Waals surface area contributed by atoms with Crippen LogP contribution in [0, 0.1) is 6.92 Å². The van der Waals surface area contributed by atoms with E-state index in [-0.39, 0.29) is 0 Å². The molecule has 1 aromatic carbocycles. The van der Waals surface area contributed by atoms with E-state index in [0.717, 1.165) is 11.3 Å². The number of aromatic nitrogens is 4. The van der Waals surface area contributed by atoms with Gasteiger partial charge in [0.15, 0.2) is 5.82 Å². The first-order valence-corrected chi connectivity index (χ1v) is 7.08. The first kappa shape index (κ1) is 14.0. The molecule has 0 spiro atoms. The fraction of sp³-hybridized carbons (Fsp3) is 0.133. The van der Waals surface area contributed by atoms with Crippen molar-refractivity contribution in [2.45, 2.75) is 6.92 Å². The van der Waals surface area contributed by atoms with Gasteiger partial charge in [-0.1, -0.05) is 53.0 Å². The fourth-order valence-corrected chi connectivity index (χ4v) is 2.66. The Morgan fingerprint density at radius 1 is 1.00 bits per heavy atom. The van der Waals surface area contributed by atoms with E-state index in [9.17, 15) is 0 Å². The zero-order valence-electron chi connectivity index (χ0n) is 11.5. The summed E-state index contributed by atoms with van der Waals surface area (Å²) in [7, 11) is 1.86. The maximum atomic E-state index is 6.31. The van der Waals surface area contributed by atoms with Crippen molar-refractivity contribution in [3.05, 3.63) is 52.7 Å². The standard InChI is InChI=1S/C15H12Cl2N4/c1-9-3-5-10(6-4-9)12-13(16)19-15(20-14(12)17)11-7-18-8-21(11)2/h3-8H,1-2H3. The van der Waals surface area contributed by atoms with Crippen LogP contribution in [0.4, 0.5) is 0 Å². The van der Waals surface area contributed by atoms with E-state index in [1.54, 1.807) is 12.5 Å². The highest BCUT2D eigenvalue weighted by atomic mass is 35.5. The number of rotatable bonds is 2. The highest BCUT2D eigenvalue weighted by molar-refractivity contribution is 6.37. The summed E-state index contributed by atoms with van der Waals surface area (Å²) in [6.07, 6.45) is 3.35. The van der Waals surface area contributed by atoms with Gasteiger partial charge in [-0.25, -0.2) is 15.0 Å². The molecule has 0 aliphatic rings. The molecule has 0 saturated carbocycles. The number of halogens is 2. The molecule has 2 heterocycles. The monoisotopic (exact) mass is 318 g/mol. The fourth-order valence-electron chi connectivity index (χ4n) is 2.05. The van der Waals surface area contributed by atoms with Crippen LogP contribution >= 0.6 is 23.2 Å². The number of benzene rings is 1. The molecule has 106 valence electrons. The predicted octanol–water partition coefficient (Wildman–Crippen LogP) is 4.16. The number of hydrogen-bond acceptors (Lipinski definition) is 3. The highest BCUT2D eigenvalue weighted by Crippen LogP contribution is 2.34. The zero-order chi connectivity index (χ0) is 15.0. The molecular weight excluding hydrogens is 307 g/mol. The van der Waals surface area contributed by atoms with Crippen LogP contribution in [0.3, 0.4) is 0 Å². The first-order chi connectivity index (χ1) is 10.1. The van der Waals surface area contributed by atoms with Crippen LogP contribution < -0.4 is 0 Å². The van der Waals surface area contributed by atoms with Crippen molar-refractivity contribution in [2.75, 3.05) is 0 Å². The number of aryl methyl sites for hydroxylation is 2. The van der Waals surface area contributed by atoms with Gasteiger partial charge in [0.05, 0.1) is 18.1 Å². The molecule has 0 N–H and O–H groups in total. The Bertz CT molecular complexity index is 771. The van der Waals surface area contributed by atoms with Crippen molar-refractivity contribution in [1.29, 1.82) is 0 Å². The largest absolute Gasteiger partial charge is 0.331 e. The topological polar surface area (TPSA) is 43.6 Å². The van der Waals surface area contributed by atoms with Crippen LogP contribution in [0.25, 0.3) is 22.6 Å². The van der Waals surface area contributed by atoms with Crippen molar-refractivity contribution >= 4 is 23.2 Å². The SMILES string of the molecule is Cc1ccc(-c2c(Cl)nc(-c3cncn3C)nc2Cl)cc1. The molecule has 0 radical (unpaired) electrons. The molecule has 21 heavy (non-hydrogen) atoms. The Morgan fingerprint density at radius 3 is 2.14 bits per heavy atom. The lowest BCUT2D eigenvalue weighted by Gasteiger charge is -2.09. The van der Waals surface area contributed by atoms with Gasteiger partial charge < -0.3 is 4.57 Å². The maximum Gasteiger partial charge on any atom is 0.180 e. The van der Waals surface area contributed by atoms with Crippen LogP contribution in [-0.4, -0.2) is 19.5 Å². The van der Waals surface area contributed by atoms with Gasteiger partial charge in [0, 0.05) is 7.05 Å². The lowest BCUT2D eigenvalue weighted by Crippen LogP contribution is -1.98. The summed E-state index contributed by atoms with van der Waals surface area (Å²) in [4.78, 5) is 12.7. The second kappa shape index (κ2) is 5.47. The van der Waals surface area contributed by atoms with Crippen molar-refractivity contribution in [1.82, 2.24) is 19.5 Å². The lowest BCUT2D eigenvalue weighted by molar-refractivity contribution is 0.908. The summed E-state index contributed by atoms with van der Waals surface area (Å²) in [6, 6.07) is 7.90. The molecule has 3 rings (SSSR count). The average molecular weight is 319 g/mol. The van der Waals surface area contributed by atoms with Gasteiger partial charge in [0.1, 0.15) is 16.0 Å². The van der Waals surface area contributed by atoms with Gasteiger partial charge in [0.2, 0.25) is 0 Å². The molecule has 0 fully saturated rings. The third-order valence-corrected chi connectivity index (χ3v) is 3.75. The van der Waals surface area contributed by atoms with Gasteiger partial charge in [-0.05, 0) is 12.5 Å². The van der Waals surface area contributed by atoms with E-state index < -0.39 is 0 Å². The van der Waals surface area contributed by atoms with Gasteiger partial charge in [0.25, 0.3) is 0 Å². The normalized spacial score (nSPS) is 10.9. The van der Waals surface area contributed by atoms with Crippen LogP contribution in [0.1, 0.15) is 5.56 Å². The van der Waals surface area contributed by atoms with Crippen LogP contribution in [0.2, 0.25) is 10.3 Å². The van der Waals surface area contributed by atoms with Gasteiger partial charge in [-0.15, -0.1) is 0 Å². The van der Waals surface area contributed by atoms with Crippen LogP contribution in [0.15, 0.2) is 36.8 Å². The molecule has 2 aromatic heterocycles. The Morgan fingerprint density at radius 2 is 1.62 bits per heavy atom. The summed E-state index contributed by atoms with van der Waals surface area (Å²) in [6.45, 7) is 2.02. The van der Waals surface area contributed by atoms with E-state index in [2.05, 4.69) is 15.0 Å². The molecule has 0 aliphatic carbocycles. The predicted molar refractivity (Wildman–Crippen MR) is 84.4 cm³/mol. The maximum absolute atomic E-state index is 6.31. The molecule has 3 aromatic rings. The molecular formula is C15H12Cl2N4. The van der Waals surface area contributed by atoms with Crippen molar-refractivity contribution in [2.24, 2.45) is 7.05 Å². The summed E-state index contributed by atoms with van der Waals surface area (Å²) < 4.78 is 1.81. The molecule has 0 unspecified atom stereocenters. The number of imidazole rings is 1. The summed E-state index contributed by atoms with van der Waals surface area (Å²) in [5.74, 6) is 0.459. The van der Waals surface area contributed by atoms with Crippen molar-refractivity contribution < 1.29 is 0 Å².